The minimum absolute atomic E-state index is 0.416. The lowest BCUT2D eigenvalue weighted by molar-refractivity contribution is 0.0900. The molecule has 4 heteroatoms. The van der Waals surface area contributed by atoms with Crippen molar-refractivity contribution in [2.24, 2.45) is 5.92 Å². The van der Waals surface area contributed by atoms with Crippen LogP contribution in [-0.4, -0.2) is 24.2 Å². The summed E-state index contributed by atoms with van der Waals surface area (Å²) in [4.78, 5) is 4.45. The lowest BCUT2D eigenvalue weighted by Gasteiger charge is -2.17. The Morgan fingerprint density at radius 2 is 2.44 bits per heavy atom. The predicted molar refractivity (Wildman–Crippen MR) is 76.2 cm³/mol. The first-order valence-electron chi connectivity index (χ1n) is 6.56. The van der Waals surface area contributed by atoms with Gasteiger partial charge in [0.25, 0.3) is 0 Å². The number of rotatable bonds is 4. The zero-order chi connectivity index (χ0) is 12.4. The SMILES string of the molecule is CCC1OCCC1CNc1nccc2sccc12. The van der Waals surface area contributed by atoms with E-state index >= 15 is 0 Å². The van der Waals surface area contributed by atoms with Gasteiger partial charge in [0.05, 0.1) is 6.10 Å². The van der Waals surface area contributed by atoms with Gasteiger partial charge in [-0.3, -0.25) is 0 Å². The summed E-state index contributed by atoms with van der Waals surface area (Å²) in [6.45, 7) is 4.06. The zero-order valence-corrected chi connectivity index (χ0v) is 11.4. The fourth-order valence-corrected chi connectivity index (χ4v) is 3.42. The number of nitrogens with one attached hydrogen (secondary N) is 1. The molecule has 3 heterocycles. The predicted octanol–water partition coefficient (Wildman–Crippen LogP) is 3.52. The van der Waals surface area contributed by atoms with E-state index in [0.717, 1.165) is 31.8 Å². The molecule has 0 amide bonds. The number of hydrogen-bond donors (Lipinski definition) is 1. The van der Waals surface area contributed by atoms with E-state index in [9.17, 15) is 0 Å². The minimum Gasteiger partial charge on any atom is -0.378 e. The summed E-state index contributed by atoms with van der Waals surface area (Å²) in [5.41, 5.74) is 0. The third-order valence-electron chi connectivity index (χ3n) is 3.66. The number of anilines is 1. The van der Waals surface area contributed by atoms with Gasteiger partial charge in [-0.2, -0.15) is 0 Å². The van der Waals surface area contributed by atoms with E-state index in [-0.39, 0.29) is 0 Å². The minimum atomic E-state index is 0.416. The molecular formula is C14H18N2OS. The molecule has 18 heavy (non-hydrogen) atoms. The fraction of sp³-hybridized carbons (Fsp3) is 0.500. The molecule has 0 aromatic carbocycles. The highest BCUT2D eigenvalue weighted by Crippen LogP contribution is 2.28. The van der Waals surface area contributed by atoms with Gasteiger partial charge in [-0.25, -0.2) is 4.98 Å². The molecule has 1 aliphatic rings. The first-order valence-corrected chi connectivity index (χ1v) is 7.44. The third kappa shape index (κ3) is 2.22. The molecule has 1 saturated heterocycles. The molecule has 2 aromatic heterocycles. The summed E-state index contributed by atoms with van der Waals surface area (Å²) in [6.07, 6.45) is 4.55. The van der Waals surface area contributed by atoms with Crippen LogP contribution in [0, 0.1) is 5.92 Å². The molecule has 1 fully saturated rings. The molecule has 1 aliphatic heterocycles. The topological polar surface area (TPSA) is 34.1 Å². The van der Waals surface area contributed by atoms with Crippen molar-refractivity contribution in [3.05, 3.63) is 23.7 Å². The highest BCUT2D eigenvalue weighted by Gasteiger charge is 2.26. The van der Waals surface area contributed by atoms with Crippen LogP contribution in [0.5, 0.6) is 0 Å². The van der Waals surface area contributed by atoms with Gasteiger partial charge in [0.15, 0.2) is 0 Å². The summed E-state index contributed by atoms with van der Waals surface area (Å²) in [5, 5.41) is 6.84. The van der Waals surface area contributed by atoms with Crippen LogP contribution in [0.3, 0.4) is 0 Å². The Morgan fingerprint density at radius 3 is 3.33 bits per heavy atom. The van der Waals surface area contributed by atoms with Crippen molar-refractivity contribution in [2.75, 3.05) is 18.5 Å². The zero-order valence-electron chi connectivity index (χ0n) is 10.6. The van der Waals surface area contributed by atoms with E-state index in [0.29, 0.717) is 12.0 Å². The van der Waals surface area contributed by atoms with Gasteiger partial charge < -0.3 is 10.1 Å². The Morgan fingerprint density at radius 1 is 1.50 bits per heavy atom. The molecule has 3 nitrogen and oxygen atoms in total. The molecule has 96 valence electrons. The summed E-state index contributed by atoms with van der Waals surface area (Å²) < 4.78 is 7.01. The van der Waals surface area contributed by atoms with Crippen molar-refractivity contribution in [3.63, 3.8) is 0 Å². The molecule has 1 N–H and O–H groups in total. The van der Waals surface area contributed by atoms with E-state index in [1.54, 1.807) is 11.3 Å². The molecule has 0 spiro atoms. The van der Waals surface area contributed by atoms with Crippen LogP contribution in [0.15, 0.2) is 23.7 Å². The maximum absolute atomic E-state index is 5.72. The van der Waals surface area contributed by atoms with E-state index in [2.05, 4.69) is 34.7 Å². The van der Waals surface area contributed by atoms with Gasteiger partial charge in [-0.15, -0.1) is 11.3 Å². The average molecular weight is 262 g/mol. The second-order valence-electron chi connectivity index (χ2n) is 4.74. The van der Waals surface area contributed by atoms with Gasteiger partial charge in [0, 0.05) is 35.4 Å². The van der Waals surface area contributed by atoms with Crippen LogP contribution in [0.1, 0.15) is 19.8 Å². The van der Waals surface area contributed by atoms with Crippen LogP contribution >= 0.6 is 11.3 Å². The first kappa shape index (κ1) is 11.9. The molecule has 2 aromatic rings. The molecule has 0 radical (unpaired) electrons. The van der Waals surface area contributed by atoms with Crippen molar-refractivity contribution < 1.29 is 4.74 Å². The number of hydrogen-bond acceptors (Lipinski definition) is 4. The fourth-order valence-electron chi connectivity index (χ4n) is 2.64. The average Bonchev–Trinajstić information content (AvgIpc) is 3.04. The molecule has 0 saturated carbocycles. The summed E-state index contributed by atoms with van der Waals surface area (Å²) >= 11 is 1.76. The van der Waals surface area contributed by atoms with Gasteiger partial charge in [-0.1, -0.05) is 6.92 Å². The second-order valence-corrected chi connectivity index (χ2v) is 5.69. The van der Waals surface area contributed by atoms with Gasteiger partial charge in [-0.05, 0) is 30.4 Å². The van der Waals surface area contributed by atoms with Crippen LogP contribution < -0.4 is 5.32 Å². The van der Waals surface area contributed by atoms with Crippen LogP contribution in [0.2, 0.25) is 0 Å². The maximum atomic E-state index is 5.72. The van der Waals surface area contributed by atoms with Crippen molar-refractivity contribution >= 4 is 27.2 Å². The maximum Gasteiger partial charge on any atom is 0.134 e. The standard InChI is InChI=1S/C14H18N2OS/c1-2-12-10(4-7-17-12)9-16-14-11-5-8-18-13(11)3-6-15-14/h3,5-6,8,10,12H,2,4,7,9H2,1H3,(H,15,16). The summed E-state index contributed by atoms with van der Waals surface area (Å²) in [6, 6.07) is 4.20. The lowest BCUT2D eigenvalue weighted by Crippen LogP contribution is -2.23. The first-order chi connectivity index (χ1) is 8.88. The Kier molecular flexibility index (Phi) is 3.48. The van der Waals surface area contributed by atoms with Gasteiger partial charge in [0.2, 0.25) is 0 Å². The molecule has 0 aliphatic carbocycles. The summed E-state index contributed by atoms with van der Waals surface area (Å²) in [7, 11) is 0. The Hall–Kier alpha value is -1.13. The monoisotopic (exact) mass is 262 g/mol. The quantitative estimate of drug-likeness (QED) is 0.915. The lowest BCUT2D eigenvalue weighted by atomic mass is 10.00. The van der Waals surface area contributed by atoms with Crippen LogP contribution in [0.4, 0.5) is 5.82 Å². The number of pyridine rings is 1. The van der Waals surface area contributed by atoms with Crippen molar-refractivity contribution in [1.29, 1.82) is 0 Å². The van der Waals surface area contributed by atoms with E-state index < -0.39 is 0 Å². The van der Waals surface area contributed by atoms with E-state index in [1.807, 2.05) is 6.20 Å². The number of aromatic nitrogens is 1. The number of nitrogens with zero attached hydrogens (tertiary/aromatic N) is 1. The number of ether oxygens (including phenoxy) is 1. The van der Waals surface area contributed by atoms with Crippen molar-refractivity contribution in [2.45, 2.75) is 25.9 Å². The van der Waals surface area contributed by atoms with Crippen LogP contribution in [0.25, 0.3) is 10.1 Å². The normalized spacial score (nSPS) is 23.6. The second kappa shape index (κ2) is 5.24. The molecule has 2 unspecified atom stereocenters. The smallest absolute Gasteiger partial charge is 0.134 e. The largest absolute Gasteiger partial charge is 0.378 e. The van der Waals surface area contributed by atoms with Crippen molar-refractivity contribution in [3.8, 4) is 0 Å². The molecule has 3 rings (SSSR count). The highest BCUT2D eigenvalue weighted by atomic mass is 32.1. The third-order valence-corrected chi connectivity index (χ3v) is 4.54. The van der Waals surface area contributed by atoms with Gasteiger partial charge >= 0.3 is 0 Å². The van der Waals surface area contributed by atoms with Crippen LogP contribution in [-0.2, 0) is 4.74 Å². The highest BCUT2D eigenvalue weighted by molar-refractivity contribution is 7.17. The number of thiophene rings is 1. The summed E-state index contributed by atoms with van der Waals surface area (Å²) in [5.74, 6) is 1.63. The molecular weight excluding hydrogens is 244 g/mol. The van der Waals surface area contributed by atoms with Gasteiger partial charge in [0.1, 0.15) is 5.82 Å². The Bertz CT molecular complexity index is 525. The van der Waals surface area contributed by atoms with E-state index in [1.165, 1.54) is 10.1 Å². The Labute approximate surface area is 111 Å². The Balaban J connectivity index is 1.71. The molecule has 2 atom stereocenters. The van der Waals surface area contributed by atoms with E-state index in [4.69, 9.17) is 4.74 Å². The molecule has 0 bridgehead atoms. The number of fused-ring (bicyclic) bond motifs is 1. The van der Waals surface area contributed by atoms with Crippen molar-refractivity contribution in [1.82, 2.24) is 4.98 Å².